The van der Waals surface area contributed by atoms with Crippen LogP contribution in [0.2, 0.25) is 0 Å². The standard InChI is InChI=1S/C25H30N2O2/c1-18(28)27-14-12-19(13-15-27)6-11-25(29)22-10-8-20-7-9-21-4-2-3-5-24(21)26-17-23(20)16-22/h2-5,8,10,16,19,26H,6-7,9,11-15,17H2,1H3. The third-order valence-electron chi connectivity index (χ3n) is 6.52. The van der Waals surface area contributed by atoms with E-state index in [1.54, 1.807) is 6.92 Å². The molecule has 0 atom stereocenters. The zero-order chi connectivity index (χ0) is 20.2. The second-order valence-corrected chi connectivity index (χ2v) is 8.41. The first kappa shape index (κ1) is 19.7. The first-order chi connectivity index (χ1) is 14.1. The zero-order valence-corrected chi connectivity index (χ0v) is 17.2. The van der Waals surface area contributed by atoms with E-state index in [4.69, 9.17) is 0 Å². The van der Waals surface area contributed by atoms with Crippen molar-refractivity contribution < 1.29 is 9.59 Å². The van der Waals surface area contributed by atoms with Gasteiger partial charge < -0.3 is 10.2 Å². The Hall–Kier alpha value is -2.62. The number of aryl methyl sites for hydroxylation is 2. The van der Waals surface area contributed by atoms with Gasteiger partial charge in [0.2, 0.25) is 5.91 Å². The van der Waals surface area contributed by atoms with Crippen molar-refractivity contribution in [3.05, 3.63) is 64.7 Å². The van der Waals surface area contributed by atoms with E-state index < -0.39 is 0 Å². The first-order valence-corrected chi connectivity index (χ1v) is 10.8. The summed E-state index contributed by atoms with van der Waals surface area (Å²) in [5, 5.41) is 3.54. The van der Waals surface area contributed by atoms with Crippen LogP contribution in [0.4, 0.5) is 5.69 Å². The smallest absolute Gasteiger partial charge is 0.219 e. The number of ketones is 1. The summed E-state index contributed by atoms with van der Waals surface area (Å²) < 4.78 is 0. The molecule has 0 aromatic heterocycles. The molecule has 1 amide bonds. The van der Waals surface area contributed by atoms with E-state index in [1.807, 2.05) is 11.0 Å². The number of hydrogen-bond donors (Lipinski definition) is 1. The molecule has 1 saturated heterocycles. The fourth-order valence-corrected chi connectivity index (χ4v) is 4.59. The minimum absolute atomic E-state index is 0.163. The van der Waals surface area contributed by atoms with E-state index in [0.717, 1.165) is 57.3 Å². The van der Waals surface area contributed by atoms with Crippen molar-refractivity contribution >= 4 is 17.4 Å². The zero-order valence-electron chi connectivity index (χ0n) is 17.2. The van der Waals surface area contributed by atoms with Gasteiger partial charge in [0.1, 0.15) is 0 Å². The lowest BCUT2D eigenvalue weighted by Gasteiger charge is -2.31. The number of amides is 1. The van der Waals surface area contributed by atoms with Crippen LogP contribution >= 0.6 is 0 Å². The Morgan fingerprint density at radius 1 is 1.00 bits per heavy atom. The number of nitrogens with zero attached hydrogens (tertiary/aromatic N) is 1. The molecule has 4 rings (SSSR count). The largest absolute Gasteiger partial charge is 0.381 e. The lowest BCUT2D eigenvalue weighted by molar-refractivity contribution is -0.130. The van der Waals surface area contributed by atoms with Gasteiger partial charge in [0.15, 0.2) is 5.78 Å². The number of fused-ring (bicyclic) bond motifs is 2. The Balaban J connectivity index is 1.36. The molecule has 0 unspecified atom stereocenters. The second kappa shape index (κ2) is 8.81. The highest BCUT2D eigenvalue weighted by Crippen LogP contribution is 2.26. The highest BCUT2D eigenvalue weighted by Gasteiger charge is 2.21. The lowest BCUT2D eigenvalue weighted by Crippen LogP contribution is -2.37. The van der Waals surface area contributed by atoms with E-state index >= 15 is 0 Å². The fraction of sp³-hybridized carbons (Fsp3) is 0.440. The maximum Gasteiger partial charge on any atom is 0.219 e. The maximum atomic E-state index is 12.8. The van der Waals surface area contributed by atoms with Crippen LogP contribution in [0.15, 0.2) is 42.5 Å². The van der Waals surface area contributed by atoms with Gasteiger partial charge in [0, 0.05) is 44.2 Å². The Kier molecular flexibility index (Phi) is 5.98. The van der Waals surface area contributed by atoms with E-state index in [9.17, 15) is 9.59 Å². The topological polar surface area (TPSA) is 49.4 Å². The number of Topliss-reactive ketones (excluding diaryl/α,β-unsaturated/α-hetero) is 1. The number of piperidine rings is 1. The van der Waals surface area contributed by atoms with Gasteiger partial charge in [-0.25, -0.2) is 0 Å². The maximum absolute atomic E-state index is 12.8. The van der Waals surface area contributed by atoms with Crippen molar-refractivity contribution in [1.82, 2.24) is 4.90 Å². The van der Waals surface area contributed by atoms with Gasteiger partial charge in [-0.2, -0.15) is 0 Å². The minimum Gasteiger partial charge on any atom is -0.381 e. The summed E-state index contributed by atoms with van der Waals surface area (Å²) >= 11 is 0. The Labute approximate surface area is 173 Å². The number of rotatable bonds is 4. The van der Waals surface area contributed by atoms with Crippen LogP contribution in [-0.4, -0.2) is 29.7 Å². The Morgan fingerprint density at radius 3 is 2.55 bits per heavy atom. The number of anilines is 1. The second-order valence-electron chi connectivity index (χ2n) is 8.41. The Morgan fingerprint density at radius 2 is 1.76 bits per heavy atom. The molecular weight excluding hydrogens is 360 g/mol. The molecule has 1 fully saturated rings. The molecule has 152 valence electrons. The van der Waals surface area contributed by atoms with Crippen molar-refractivity contribution in [3.63, 3.8) is 0 Å². The first-order valence-electron chi connectivity index (χ1n) is 10.8. The average molecular weight is 391 g/mol. The number of likely N-dealkylation sites (tertiary alicyclic amines) is 1. The number of hydrogen-bond acceptors (Lipinski definition) is 3. The van der Waals surface area contributed by atoms with Crippen molar-refractivity contribution in [2.75, 3.05) is 18.4 Å². The van der Waals surface area contributed by atoms with Crippen LogP contribution < -0.4 is 5.32 Å². The third kappa shape index (κ3) is 4.69. The number of benzene rings is 2. The van der Waals surface area contributed by atoms with Crippen molar-refractivity contribution in [1.29, 1.82) is 0 Å². The summed E-state index contributed by atoms with van der Waals surface area (Å²) in [4.78, 5) is 26.2. The molecule has 4 nitrogen and oxygen atoms in total. The predicted octanol–water partition coefficient (Wildman–Crippen LogP) is 4.62. The van der Waals surface area contributed by atoms with E-state index in [1.165, 1.54) is 22.4 Å². The molecule has 0 bridgehead atoms. The van der Waals surface area contributed by atoms with Crippen molar-refractivity contribution in [2.24, 2.45) is 5.92 Å². The lowest BCUT2D eigenvalue weighted by atomic mass is 9.89. The number of carbonyl (C=O) groups excluding carboxylic acids is 2. The highest BCUT2D eigenvalue weighted by molar-refractivity contribution is 5.96. The molecule has 0 saturated carbocycles. The van der Waals surface area contributed by atoms with Crippen LogP contribution in [0.1, 0.15) is 59.7 Å². The summed E-state index contributed by atoms with van der Waals surface area (Å²) in [6, 6.07) is 14.7. The van der Waals surface area contributed by atoms with Crippen LogP contribution in [0.25, 0.3) is 0 Å². The number of nitrogens with one attached hydrogen (secondary N) is 1. The summed E-state index contributed by atoms with van der Waals surface area (Å²) in [6.45, 7) is 4.06. The molecule has 2 heterocycles. The molecule has 4 heteroatoms. The van der Waals surface area contributed by atoms with E-state index in [-0.39, 0.29) is 11.7 Å². The summed E-state index contributed by atoms with van der Waals surface area (Å²) in [7, 11) is 0. The number of para-hydroxylation sites is 1. The molecule has 0 radical (unpaired) electrons. The van der Waals surface area contributed by atoms with Crippen LogP contribution in [0, 0.1) is 5.92 Å². The molecule has 1 N–H and O–H groups in total. The van der Waals surface area contributed by atoms with Gasteiger partial charge in [0.05, 0.1) is 0 Å². The van der Waals surface area contributed by atoms with E-state index in [0.29, 0.717) is 12.3 Å². The van der Waals surface area contributed by atoms with Gasteiger partial charge in [-0.3, -0.25) is 9.59 Å². The van der Waals surface area contributed by atoms with Gasteiger partial charge in [-0.15, -0.1) is 0 Å². The average Bonchev–Trinajstić information content (AvgIpc) is 2.74. The minimum atomic E-state index is 0.163. The Bertz CT molecular complexity index is 897. The van der Waals surface area contributed by atoms with Gasteiger partial charge in [-0.1, -0.05) is 30.3 Å². The molecule has 2 aliphatic rings. The van der Waals surface area contributed by atoms with Crippen LogP contribution in [0.3, 0.4) is 0 Å². The van der Waals surface area contributed by atoms with E-state index in [2.05, 4.69) is 41.7 Å². The third-order valence-corrected chi connectivity index (χ3v) is 6.52. The SMILES string of the molecule is CC(=O)N1CCC(CCC(=O)c2ccc3c(c2)CNc2ccccc2CC3)CC1. The highest BCUT2D eigenvalue weighted by atomic mass is 16.2. The van der Waals surface area contributed by atoms with Crippen molar-refractivity contribution in [2.45, 2.75) is 52.0 Å². The monoisotopic (exact) mass is 390 g/mol. The molecule has 29 heavy (non-hydrogen) atoms. The summed E-state index contributed by atoms with van der Waals surface area (Å²) in [6.07, 6.45) is 5.58. The molecule has 2 aliphatic heterocycles. The van der Waals surface area contributed by atoms with Gasteiger partial charge in [0.25, 0.3) is 0 Å². The van der Waals surface area contributed by atoms with Crippen LogP contribution in [0.5, 0.6) is 0 Å². The molecular formula is C25H30N2O2. The molecule has 2 aromatic carbocycles. The van der Waals surface area contributed by atoms with Crippen molar-refractivity contribution in [3.8, 4) is 0 Å². The predicted molar refractivity (Wildman–Crippen MR) is 116 cm³/mol. The summed E-state index contributed by atoms with van der Waals surface area (Å²) in [5.74, 6) is 0.956. The fourth-order valence-electron chi connectivity index (χ4n) is 4.59. The summed E-state index contributed by atoms with van der Waals surface area (Å²) in [5.41, 5.74) is 5.96. The van der Waals surface area contributed by atoms with Gasteiger partial charge >= 0.3 is 0 Å². The van der Waals surface area contributed by atoms with Gasteiger partial charge in [-0.05, 0) is 66.8 Å². The number of carbonyl (C=O) groups is 2. The quantitative estimate of drug-likeness (QED) is 0.775. The molecule has 0 aliphatic carbocycles. The molecule has 2 aromatic rings. The molecule has 0 spiro atoms. The normalized spacial score (nSPS) is 16.8. The van der Waals surface area contributed by atoms with Crippen LogP contribution in [-0.2, 0) is 24.2 Å².